The SMILES string of the molecule is NC(=O)C1(N2CCCCC2)CCN([C@@H]2CC(=O)N(c3ccccc3Cl)C2=O)CC1. The maximum atomic E-state index is 13.1. The molecule has 1 atom stereocenters. The summed E-state index contributed by atoms with van der Waals surface area (Å²) >= 11 is 6.21. The Bertz CT molecular complexity index is 816. The standard InChI is InChI=1S/C21H27ClN4O3/c22-15-6-2-3-7-16(15)26-18(27)14-17(19(26)28)24-12-8-21(9-13-24,20(23)29)25-10-4-1-5-11-25/h2-3,6-7,17H,1,4-5,8-14H2,(H2,23,29)/t17-/m1/s1. The minimum absolute atomic E-state index is 0.136. The minimum atomic E-state index is -0.634. The highest BCUT2D eigenvalue weighted by Gasteiger charge is 2.49. The molecular weight excluding hydrogens is 392 g/mol. The number of hydrogen-bond donors (Lipinski definition) is 1. The van der Waals surface area contributed by atoms with Gasteiger partial charge in [-0.15, -0.1) is 0 Å². The molecule has 0 spiro atoms. The number of imide groups is 1. The highest BCUT2D eigenvalue weighted by Crippen LogP contribution is 2.35. The quantitative estimate of drug-likeness (QED) is 0.753. The van der Waals surface area contributed by atoms with Crippen LogP contribution in [0, 0.1) is 0 Å². The van der Waals surface area contributed by atoms with Gasteiger partial charge in [-0.3, -0.25) is 24.2 Å². The Morgan fingerprint density at radius 1 is 1.03 bits per heavy atom. The van der Waals surface area contributed by atoms with Gasteiger partial charge in [-0.05, 0) is 50.9 Å². The molecule has 8 heteroatoms. The van der Waals surface area contributed by atoms with Gasteiger partial charge in [0.05, 0.1) is 23.2 Å². The van der Waals surface area contributed by atoms with Gasteiger partial charge in [0.15, 0.2) is 0 Å². The Balaban J connectivity index is 1.48. The highest BCUT2D eigenvalue weighted by atomic mass is 35.5. The second-order valence-electron chi connectivity index (χ2n) is 8.22. The van der Waals surface area contributed by atoms with Crippen molar-refractivity contribution in [3.05, 3.63) is 29.3 Å². The molecule has 1 aromatic carbocycles. The van der Waals surface area contributed by atoms with Gasteiger partial charge in [0, 0.05) is 13.1 Å². The topological polar surface area (TPSA) is 87.0 Å². The van der Waals surface area contributed by atoms with Crippen molar-refractivity contribution in [3.63, 3.8) is 0 Å². The van der Waals surface area contributed by atoms with Gasteiger partial charge < -0.3 is 5.73 Å². The molecule has 3 fully saturated rings. The Morgan fingerprint density at radius 2 is 1.69 bits per heavy atom. The van der Waals surface area contributed by atoms with Gasteiger partial charge >= 0.3 is 0 Å². The van der Waals surface area contributed by atoms with Crippen molar-refractivity contribution in [2.75, 3.05) is 31.1 Å². The number of amides is 3. The van der Waals surface area contributed by atoms with Crippen LogP contribution in [0.5, 0.6) is 0 Å². The van der Waals surface area contributed by atoms with Crippen LogP contribution in [0.4, 0.5) is 5.69 Å². The molecule has 3 heterocycles. The van der Waals surface area contributed by atoms with Crippen LogP contribution in [0.1, 0.15) is 38.5 Å². The molecule has 29 heavy (non-hydrogen) atoms. The number of nitrogens with zero attached hydrogens (tertiary/aromatic N) is 3. The first-order chi connectivity index (χ1) is 13.9. The molecule has 0 aromatic heterocycles. The third-order valence-electron chi connectivity index (χ3n) is 6.70. The molecule has 3 saturated heterocycles. The summed E-state index contributed by atoms with van der Waals surface area (Å²) in [6.45, 7) is 2.92. The molecule has 3 amide bonds. The second-order valence-corrected chi connectivity index (χ2v) is 8.63. The van der Waals surface area contributed by atoms with E-state index in [0.29, 0.717) is 36.6 Å². The summed E-state index contributed by atoms with van der Waals surface area (Å²) in [5.41, 5.74) is 5.65. The molecule has 156 valence electrons. The average Bonchev–Trinajstić information content (AvgIpc) is 3.03. The Labute approximate surface area is 175 Å². The van der Waals surface area contributed by atoms with Crippen LogP contribution in [0.15, 0.2) is 24.3 Å². The minimum Gasteiger partial charge on any atom is -0.368 e. The highest BCUT2D eigenvalue weighted by molar-refractivity contribution is 6.36. The molecule has 0 bridgehead atoms. The summed E-state index contributed by atoms with van der Waals surface area (Å²) in [6.07, 6.45) is 4.67. The van der Waals surface area contributed by atoms with Gasteiger partial charge in [0.2, 0.25) is 11.8 Å². The van der Waals surface area contributed by atoms with Crippen molar-refractivity contribution in [2.24, 2.45) is 5.73 Å². The molecule has 0 saturated carbocycles. The van der Waals surface area contributed by atoms with Crippen molar-refractivity contribution in [1.29, 1.82) is 0 Å². The smallest absolute Gasteiger partial charge is 0.251 e. The maximum absolute atomic E-state index is 13.1. The monoisotopic (exact) mass is 418 g/mol. The third-order valence-corrected chi connectivity index (χ3v) is 7.02. The molecule has 3 aliphatic rings. The number of likely N-dealkylation sites (tertiary alicyclic amines) is 2. The fourth-order valence-electron chi connectivity index (χ4n) is 5.03. The van der Waals surface area contributed by atoms with Crippen LogP contribution in [-0.2, 0) is 14.4 Å². The lowest BCUT2D eigenvalue weighted by atomic mass is 9.83. The Morgan fingerprint density at radius 3 is 2.31 bits per heavy atom. The largest absolute Gasteiger partial charge is 0.368 e. The normalized spacial score (nSPS) is 26.1. The van der Waals surface area contributed by atoms with Gasteiger partial charge in [-0.1, -0.05) is 30.2 Å². The van der Waals surface area contributed by atoms with E-state index in [1.165, 1.54) is 11.3 Å². The molecule has 7 nitrogen and oxygen atoms in total. The summed E-state index contributed by atoms with van der Waals surface area (Å²) in [5.74, 6) is -0.755. The van der Waals surface area contributed by atoms with E-state index in [9.17, 15) is 14.4 Å². The van der Waals surface area contributed by atoms with E-state index in [0.717, 1.165) is 25.9 Å². The van der Waals surface area contributed by atoms with E-state index < -0.39 is 11.6 Å². The van der Waals surface area contributed by atoms with Crippen molar-refractivity contribution >= 4 is 35.0 Å². The fourth-order valence-corrected chi connectivity index (χ4v) is 5.25. The van der Waals surface area contributed by atoms with Gasteiger partial charge in [0.25, 0.3) is 5.91 Å². The first-order valence-electron chi connectivity index (χ1n) is 10.3. The summed E-state index contributed by atoms with van der Waals surface area (Å²) in [6, 6.07) is 6.38. The Hall–Kier alpha value is -1.96. The number of carbonyl (C=O) groups excluding carboxylic acids is 3. The predicted molar refractivity (Wildman–Crippen MR) is 111 cm³/mol. The zero-order chi connectivity index (χ0) is 20.6. The van der Waals surface area contributed by atoms with Crippen LogP contribution in [-0.4, -0.2) is 65.3 Å². The second kappa shape index (κ2) is 8.05. The first-order valence-corrected chi connectivity index (χ1v) is 10.7. The fraction of sp³-hybridized carbons (Fsp3) is 0.571. The van der Waals surface area contributed by atoms with Crippen LogP contribution in [0.25, 0.3) is 0 Å². The summed E-state index contributed by atoms with van der Waals surface area (Å²) in [7, 11) is 0. The summed E-state index contributed by atoms with van der Waals surface area (Å²) < 4.78 is 0. The van der Waals surface area contributed by atoms with Crippen LogP contribution in [0.2, 0.25) is 5.02 Å². The molecule has 4 rings (SSSR count). The third kappa shape index (κ3) is 3.56. The number of anilines is 1. The van der Waals surface area contributed by atoms with E-state index in [-0.39, 0.29) is 24.1 Å². The van der Waals surface area contributed by atoms with E-state index >= 15 is 0 Å². The number of rotatable bonds is 4. The van der Waals surface area contributed by atoms with Crippen LogP contribution < -0.4 is 10.6 Å². The van der Waals surface area contributed by atoms with Crippen molar-refractivity contribution in [1.82, 2.24) is 9.80 Å². The summed E-state index contributed by atoms with van der Waals surface area (Å²) in [4.78, 5) is 43.6. The maximum Gasteiger partial charge on any atom is 0.251 e. The number of piperidine rings is 2. The number of carbonyl (C=O) groups is 3. The molecule has 0 radical (unpaired) electrons. The number of para-hydroxylation sites is 1. The number of primary amides is 1. The van der Waals surface area contributed by atoms with Gasteiger partial charge in [0.1, 0.15) is 5.54 Å². The van der Waals surface area contributed by atoms with E-state index in [1.807, 2.05) is 4.90 Å². The molecule has 2 N–H and O–H groups in total. The number of halogens is 1. The van der Waals surface area contributed by atoms with Gasteiger partial charge in [-0.25, -0.2) is 4.90 Å². The lowest BCUT2D eigenvalue weighted by Crippen LogP contribution is -2.64. The Kier molecular flexibility index (Phi) is 5.64. The molecule has 1 aromatic rings. The zero-order valence-corrected chi connectivity index (χ0v) is 17.2. The molecule has 3 aliphatic heterocycles. The molecule has 0 unspecified atom stereocenters. The summed E-state index contributed by atoms with van der Waals surface area (Å²) in [5, 5.41) is 0.381. The van der Waals surface area contributed by atoms with E-state index in [2.05, 4.69) is 4.90 Å². The van der Waals surface area contributed by atoms with Crippen molar-refractivity contribution in [2.45, 2.75) is 50.1 Å². The first kappa shape index (κ1) is 20.3. The van der Waals surface area contributed by atoms with Crippen LogP contribution in [0.3, 0.4) is 0 Å². The number of hydrogen-bond acceptors (Lipinski definition) is 5. The van der Waals surface area contributed by atoms with E-state index in [4.69, 9.17) is 17.3 Å². The number of nitrogens with two attached hydrogens (primary N) is 1. The zero-order valence-electron chi connectivity index (χ0n) is 16.5. The lowest BCUT2D eigenvalue weighted by Gasteiger charge is -2.48. The lowest BCUT2D eigenvalue weighted by molar-refractivity contribution is -0.136. The number of benzene rings is 1. The molecule has 0 aliphatic carbocycles. The van der Waals surface area contributed by atoms with Gasteiger partial charge in [-0.2, -0.15) is 0 Å². The predicted octanol–water partition coefficient (Wildman–Crippen LogP) is 1.78. The average molecular weight is 419 g/mol. The van der Waals surface area contributed by atoms with Crippen molar-refractivity contribution in [3.8, 4) is 0 Å². The van der Waals surface area contributed by atoms with Crippen molar-refractivity contribution < 1.29 is 14.4 Å². The van der Waals surface area contributed by atoms with Crippen LogP contribution >= 0.6 is 11.6 Å². The van der Waals surface area contributed by atoms with E-state index in [1.54, 1.807) is 24.3 Å². The molecular formula is C21H27ClN4O3.